The smallest absolute Gasteiger partial charge is 0.240 e. The lowest BCUT2D eigenvalue weighted by Crippen LogP contribution is -2.46. The lowest BCUT2D eigenvalue weighted by atomic mass is 9.91. The lowest BCUT2D eigenvalue weighted by Gasteiger charge is -2.31. The predicted molar refractivity (Wildman–Crippen MR) is 98.2 cm³/mol. The van der Waals surface area contributed by atoms with Gasteiger partial charge in [-0.05, 0) is 43.5 Å². The average Bonchev–Trinajstić information content (AvgIpc) is 2.94. The quantitative estimate of drug-likeness (QED) is 0.742. The van der Waals surface area contributed by atoms with Crippen LogP contribution in [0.5, 0.6) is 0 Å². The Kier molecular flexibility index (Phi) is 4.06. The molecule has 2 heterocycles. The fraction of sp³-hybridized carbons (Fsp3) is 0.333. The number of pyridine rings is 1. The van der Waals surface area contributed by atoms with Crippen molar-refractivity contribution in [2.75, 3.05) is 0 Å². The average molecular weight is 372 g/mol. The number of amidine groups is 1. The first kappa shape index (κ1) is 17.1. The van der Waals surface area contributed by atoms with Crippen molar-refractivity contribution in [3.63, 3.8) is 0 Å². The van der Waals surface area contributed by atoms with Crippen molar-refractivity contribution < 1.29 is 13.5 Å². The molecule has 0 atom stereocenters. The molecule has 0 amide bonds. The molecule has 8 heteroatoms. The number of nitrogens with zero attached hydrogens (tertiary/aromatic N) is 2. The Labute approximate surface area is 152 Å². The standard InChI is InChI=1S/C18H20N4O3S/c1-10-6-14(26(24,25)22-12-7-13(23)8-12)3-4-15(10)16-5-2-11-9-20-18(19)17(11)21-16/h2-6,12-13,22-23H,7-9H2,1H3,(H2,19,20). The van der Waals surface area contributed by atoms with Gasteiger partial charge in [-0.1, -0.05) is 12.1 Å². The van der Waals surface area contributed by atoms with Crippen LogP contribution in [0.4, 0.5) is 0 Å². The maximum absolute atomic E-state index is 12.5. The second kappa shape index (κ2) is 6.15. The van der Waals surface area contributed by atoms with Gasteiger partial charge in [0.05, 0.1) is 23.2 Å². The van der Waals surface area contributed by atoms with Crippen LogP contribution in [0.15, 0.2) is 40.2 Å². The zero-order chi connectivity index (χ0) is 18.5. The lowest BCUT2D eigenvalue weighted by molar-refractivity contribution is 0.0712. The summed E-state index contributed by atoms with van der Waals surface area (Å²) in [5.41, 5.74) is 9.96. The van der Waals surface area contributed by atoms with Crippen LogP contribution in [-0.4, -0.2) is 36.5 Å². The van der Waals surface area contributed by atoms with Crippen LogP contribution < -0.4 is 10.5 Å². The minimum Gasteiger partial charge on any atom is -0.393 e. The van der Waals surface area contributed by atoms with Gasteiger partial charge in [0.25, 0.3) is 0 Å². The Bertz CT molecular complexity index is 1010. The molecule has 4 rings (SSSR count). The molecule has 1 saturated carbocycles. The molecule has 0 radical (unpaired) electrons. The van der Waals surface area contributed by atoms with Gasteiger partial charge in [0.2, 0.25) is 10.0 Å². The molecule has 0 spiro atoms. The van der Waals surface area contributed by atoms with Crippen molar-refractivity contribution in [3.05, 3.63) is 47.2 Å². The van der Waals surface area contributed by atoms with Gasteiger partial charge in [0.1, 0.15) is 11.5 Å². The molecule has 0 saturated heterocycles. The number of nitrogens with two attached hydrogens (primary N) is 1. The van der Waals surface area contributed by atoms with Crippen LogP contribution in [-0.2, 0) is 16.6 Å². The van der Waals surface area contributed by atoms with E-state index >= 15 is 0 Å². The number of aliphatic hydroxyl groups is 1. The number of fused-ring (bicyclic) bond motifs is 1. The van der Waals surface area contributed by atoms with Gasteiger partial charge in [-0.2, -0.15) is 0 Å². The summed E-state index contributed by atoms with van der Waals surface area (Å²) >= 11 is 0. The molecule has 2 aliphatic rings. The van der Waals surface area contributed by atoms with Gasteiger partial charge in [-0.3, -0.25) is 4.99 Å². The number of hydrogen-bond donors (Lipinski definition) is 3. The van der Waals surface area contributed by atoms with Crippen molar-refractivity contribution in [3.8, 4) is 11.3 Å². The Morgan fingerprint density at radius 3 is 2.69 bits per heavy atom. The third-order valence-corrected chi connectivity index (χ3v) is 6.38. The fourth-order valence-electron chi connectivity index (χ4n) is 3.29. The Balaban J connectivity index is 1.62. The monoisotopic (exact) mass is 372 g/mol. The summed E-state index contributed by atoms with van der Waals surface area (Å²) < 4.78 is 27.6. The van der Waals surface area contributed by atoms with E-state index in [4.69, 9.17) is 5.73 Å². The van der Waals surface area contributed by atoms with E-state index in [1.807, 2.05) is 19.1 Å². The molecule has 1 aliphatic heterocycles. The number of aliphatic hydroxyl groups excluding tert-OH is 1. The van der Waals surface area contributed by atoms with Crippen molar-refractivity contribution in [2.45, 2.75) is 43.4 Å². The minimum atomic E-state index is -3.60. The van der Waals surface area contributed by atoms with E-state index in [2.05, 4.69) is 14.7 Å². The first-order valence-corrected chi connectivity index (χ1v) is 9.93. The minimum absolute atomic E-state index is 0.198. The van der Waals surface area contributed by atoms with Crippen LogP contribution in [0, 0.1) is 6.92 Å². The number of hydrogen-bond acceptors (Lipinski definition) is 6. The summed E-state index contributed by atoms with van der Waals surface area (Å²) in [4.78, 5) is 8.98. The zero-order valence-corrected chi connectivity index (χ0v) is 15.1. The van der Waals surface area contributed by atoms with Crippen LogP contribution >= 0.6 is 0 Å². The molecule has 0 unspecified atom stereocenters. The summed E-state index contributed by atoms with van der Waals surface area (Å²) in [5.74, 6) is 0.436. The number of rotatable bonds is 4. The van der Waals surface area contributed by atoms with Crippen LogP contribution in [0.25, 0.3) is 11.3 Å². The fourth-order valence-corrected chi connectivity index (χ4v) is 4.64. The van der Waals surface area contributed by atoms with Gasteiger partial charge in [-0.25, -0.2) is 18.1 Å². The number of aryl methyl sites for hydroxylation is 1. The Hall–Kier alpha value is -2.29. The molecule has 2 aromatic rings. The highest BCUT2D eigenvalue weighted by molar-refractivity contribution is 7.89. The van der Waals surface area contributed by atoms with E-state index in [-0.39, 0.29) is 10.9 Å². The zero-order valence-electron chi connectivity index (χ0n) is 14.3. The molecule has 1 aromatic carbocycles. The first-order valence-electron chi connectivity index (χ1n) is 8.45. The van der Waals surface area contributed by atoms with Crippen molar-refractivity contribution in [2.24, 2.45) is 10.7 Å². The largest absolute Gasteiger partial charge is 0.393 e. The van der Waals surface area contributed by atoms with Crippen molar-refractivity contribution in [1.29, 1.82) is 0 Å². The summed E-state index contributed by atoms with van der Waals surface area (Å²) in [6.07, 6.45) is 0.505. The van der Waals surface area contributed by atoms with E-state index < -0.39 is 16.1 Å². The third kappa shape index (κ3) is 3.00. The van der Waals surface area contributed by atoms with E-state index in [0.717, 1.165) is 22.4 Å². The highest BCUT2D eigenvalue weighted by atomic mass is 32.2. The molecular formula is C18H20N4O3S. The van der Waals surface area contributed by atoms with Gasteiger partial charge in [-0.15, -0.1) is 0 Å². The SMILES string of the molecule is Cc1cc(S(=O)(=O)NC2CC(O)C2)ccc1-c1ccc2c(n1)C(N)=NC2. The molecule has 26 heavy (non-hydrogen) atoms. The number of sulfonamides is 1. The van der Waals surface area contributed by atoms with E-state index in [9.17, 15) is 13.5 Å². The van der Waals surface area contributed by atoms with E-state index in [1.165, 1.54) is 0 Å². The van der Waals surface area contributed by atoms with Crippen molar-refractivity contribution in [1.82, 2.24) is 9.71 Å². The molecule has 1 fully saturated rings. The number of aromatic nitrogens is 1. The third-order valence-electron chi connectivity index (χ3n) is 4.86. The summed E-state index contributed by atoms with van der Waals surface area (Å²) in [7, 11) is -3.60. The van der Waals surface area contributed by atoms with Crippen LogP contribution in [0.1, 0.15) is 29.7 Å². The molecule has 1 aromatic heterocycles. The Morgan fingerprint density at radius 2 is 2.00 bits per heavy atom. The van der Waals surface area contributed by atoms with Gasteiger partial charge in [0.15, 0.2) is 0 Å². The van der Waals surface area contributed by atoms with E-state index in [1.54, 1.807) is 18.2 Å². The topological polar surface area (TPSA) is 118 Å². The highest BCUT2D eigenvalue weighted by Crippen LogP contribution is 2.28. The molecule has 0 bridgehead atoms. The highest BCUT2D eigenvalue weighted by Gasteiger charge is 2.31. The van der Waals surface area contributed by atoms with Gasteiger partial charge < -0.3 is 10.8 Å². The predicted octanol–water partition coefficient (Wildman–Crippen LogP) is 1.08. The normalized spacial score (nSPS) is 21.8. The first-order chi connectivity index (χ1) is 12.3. The summed E-state index contributed by atoms with van der Waals surface area (Å²) in [6, 6.07) is 8.63. The number of nitrogens with one attached hydrogen (secondary N) is 1. The summed E-state index contributed by atoms with van der Waals surface area (Å²) in [5, 5.41) is 9.32. The summed E-state index contributed by atoms with van der Waals surface area (Å²) in [6.45, 7) is 2.40. The van der Waals surface area contributed by atoms with Crippen LogP contribution in [0.3, 0.4) is 0 Å². The molecule has 1 aliphatic carbocycles. The number of aliphatic imine (C=N–C) groups is 1. The molecule has 136 valence electrons. The molecular weight excluding hydrogens is 352 g/mol. The Morgan fingerprint density at radius 1 is 1.23 bits per heavy atom. The second-order valence-electron chi connectivity index (χ2n) is 6.83. The van der Waals surface area contributed by atoms with Gasteiger partial charge in [0, 0.05) is 17.2 Å². The maximum atomic E-state index is 12.5. The van der Waals surface area contributed by atoms with Crippen LogP contribution in [0.2, 0.25) is 0 Å². The molecule has 4 N–H and O–H groups in total. The maximum Gasteiger partial charge on any atom is 0.240 e. The van der Waals surface area contributed by atoms with E-state index in [0.29, 0.717) is 30.9 Å². The van der Waals surface area contributed by atoms with Crippen molar-refractivity contribution >= 4 is 15.9 Å². The number of benzene rings is 1. The second-order valence-corrected chi connectivity index (χ2v) is 8.54. The van der Waals surface area contributed by atoms with Gasteiger partial charge >= 0.3 is 0 Å². The molecule has 7 nitrogen and oxygen atoms in total.